The molecule has 18 heavy (non-hydrogen) atoms. The molecule has 0 bridgehead atoms. The van der Waals surface area contributed by atoms with Gasteiger partial charge in [-0.1, -0.05) is 0 Å². The van der Waals surface area contributed by atoms with Crippen LogP contribution in [0.4, 0.5) is 0 Å². The van der Waals surface area contributed by atoms with Crippen LogP contribution < -0.4 is 11.5 Å². The Morgan fingerprint density at radius 1 is 1.28 bits per heavy atom. The average molecular weight is 243 g/mol. The van der Waals surface area contributed by atoms with E-state index in [1.165, 1.54) is 0 Å². The highest BCUT2D eigenvalue weighted by molar-refractivity contribution is 5.83. The Balaban J connectivity index is 2.24. The number of fused-ring (bicyclic) bond motifs is 1. The van der Waals surface area contributed by atoms with E-state index in [4.69, 9.17) is 10.3 Å². The van der Waals surface area contributed by atoms with Gasteiger partial charge in [-0.2, -0.15) is 0 Å². The molecule has 0 fully saturated rings. The minimum absolute atomic E-state index is 0.314. The molecule has 2 heterocycles. The molecular weight excluding hydrogens is 230 g/mol. The van der Waals surface area contributed by atoms with Crippen LogP contribution in [0.3, 0.4) is 0 Å². The van der Waals surface area contributed by atoms with E-state index in [1.54, 1.807) is 6.92 Å². The summed E-state index contributed by atoms with van der Waals surface area (Å²) in [5, 5.41) is 1.01. The molecule has 2 aromatic heterocycles. The predicted octanol–water partition coefficient (Wildman–Crippen LogP) is 1.92. The second-order valence-electron chi connectivity index (χ2n) is 4.37. The first-order chi connectivity index (χ1) is 8.56. The number of nitrogens with zero attached hydrogens (tertiary/aromatic N) is 1. The van der Waals surface area contributed by atoms with Crippen LogP contribution in [0.15, 0.2) is 33.5 Å². The van der Waals surface area contributed by atoms with Gasteiger partial charge < -0.3 is 15.2 Å². The quantitative estimate of drug-likeness (QED) is 0.641. The molecule has 3 N–H and O–H groups in total. The van der Waals surface area contributed by atoms with Crippen LogP contribution in [0, 0.1) is 13.8 Å². The zero-order chi connectivity index (χ0) is 12.9. The van der Waals surface area contributed by atoms with E-state index in [9.17, 15) is 4.79 Å². The Kier molecular flexibility index (Phi) is 2.10. The van der Waals surface area contributed by atoms with Crippen LogP contribution in [0.2, 0.25) is 0 Å². The molecule has 0 aliphatic heterocycles. The van der Waals surface area contributed by atoms with Crippen molar-refractivity contribution in [1.29, 1.82) is 0 Å². The van der Waals surface area contributed by atoms with Gasteiger partial charge in [0.2, 0.25) is 0 Å². The molecule has 0 saturated carbocycles. The first-order valence-corrected chi connectivity index (χ1v) is 5.63. The summed E-state index contributed by atoms with van der Waals surface area (Å²) in [4.78, 5) is 14.2. The fourth-order valence-electron chi connectivity index (χ4n) is 2.14. The van der Waals surface area contributed by atoms with Crippen LogP contribution in [0.5, 0.6) is 0 Å². The summed E-state index contributed by atoms with van der Waals surface area (Å²) in [5.41, 5.74) is 2.89. The molecule has 5 nitrogen and oxygen atoms in total. The number of imidazole rings is 1. The highest BCUT2D eigenvalue weighted by Crippen LogP contribution is 2.26. The monoisotopic (exact) mass is 243 g/mol. The first kappa shape index (κ1) is 10.7. The zero-order valence-corrected chi connectivity index (χ0v) is 10.2. The van der Waals surface area contributed by atoms with Crippen molar-refractivity contribution in [2.45, 2.75) is 13.8 Å². The molecule has 0 aliphatic carbocycles. The third-order valence-electron chi connectivity index (χ3n) is 3.10. The molecule has 5 heteroatoms. The summed E-state index contributed by atoms with van der Waals surface area (Å²) in [6, 6.07) is 7.74. The molecule has 0 atom stereocenters. The van der Waals surface area contributed by atoms with Crippen LogP contribution in [-0.2, 0) is 0 Å². The average Bonchev–Trinajstić information content (AvgIpc) is 2.82. The van der Waals surface area contributed by atoms with E-state index in [-0.39, 0.29) is 5.69 Å². The molecular formula is C13H13N3O2. The highest BCUT2D eigenvalue weighted by Gasteiger charge is 2.11. The molecule has 0 amide bonds. The van der Waals surface area contributed by atoms with Crippen molar-refractivity contribution in [2.75, 3.05) is 5.84 Å². The number of hydrogen-bond acceptors (Lipinski definition) is 3. The van der Waals surface area contributed by atoms with Crippen molar-refractivity contribution in [3.63, 3.8) is 0 Å². The number of benzene rings is 1. The van der Waals surface area contributed by atoms with E-state index >= 15 is 0 Å². The maximum absolute atomic E-state index is 11.5. The third kappa shape index (κ3) is 1.44. The number of aromatic amines is 1. The van der Waals surface area contributed by atoms with Crippen LogP contribution >= 0.6 is 0 Å². The number of nitrogens with two attached hydrogens (primary N) is 1. The second kappa shape index (κ2) is 3.53. The van der Waals surface area contributed by atoms with E-state index in [0.717, 1.165) is 32.7 Å². The van der Waals surface area contributed by atoms with Crippen LogP contribution in [-0.4, -0.2) is 9.66 Å². The summed E-state index contributed by atoms with van der Waals surface area (Å²) < 4.78 is 6.63. The van der Waals surface area contributed by atoms with E-state index in [0.29, 0.717) is 5.69 Å². The molecule has 0 unspecified atom stereocenters. The fraction of sp³-hybridized carbons (Fsp3) is 0.154. The van der Waals surface area contributed by atoms with Crippen LogP contribution in [0.25, 0.3) is 22.2 Å². The number of furan rings is 1. The van der Waals surface area contributed by atoms with Gasteiger partial charge in [-0.05, 0) is 38.1 Å². The van der Waals surface area contributed by atoms with Crippen molar-refractivity contribution >= 4 is 11.0 Å². The van der Waals surface area contributed by atoms with Crippen molar-refractivity contribution in [1.82, 2.24) is 9.66 Å². The van der Waals surface area contributed by atoms with Gasteiger partial charge in [-0.3, -0.25) is 0 Å². The minimum Gasteiger partial charge on any atom is -0.461 e. The minimum atomic E-state index is -0.314. The second-order valence-corrected chi connectivity index (χ2v) is 4.37. The topological polar surface area (TPSA) is 77.0 Å². The lowest BCUT2D eigenvalue weighted by molar-refractivity contribution is 0.578. The lowest BCUT2D eigenvalue weighted by Crippen LogP contribution is -2.25. The van der Waals surface area contributed by atoms with Gasteiger partial charge in [0.15, 0.2) is 0 Å². The van der Waals surface area contributed by atoms with E-state index < -0.39 is 0 Å². The number of rotatable bonds is 1. The summed E-state index contributed by atoms with van der Waals surface area (Å²) in [6.45, 7) is 3.71. The Bertz CT molecular complexity index is 792. The van der Waals surface area contributed by atoms with Gasteiger partial charge in [0, 0.05) is 10.9 Å². The van der Waals surface area contributed by atoms with Crippen molar-refractivity contribution < 1.29 is 4.42 Å². The number of H-pyrrole nitrogens is 1. The third-order valence-corrected chi connectivity index (χ3v) is 3.10. The van der Waals surface area contributed by atoms with Gasteiger partial charge in [-0.15, -0.1) is 0 Å². The number of aryl methyl sites for hydroxylation is 1. The molecule has 1 aromatic carbocycles. The standard InChI is InChI=1S/C13H13N3O2/c1-7-5-10-6-9(3-4-11(10)18-7)12-8(2)16(14)13(17)15-12/h3-6H,14H2,1-2H3,(H,15,17). The number of hydrogen-bond donors (Lipinski definition) is 2. The van der Waals surface area contributed by atoms with Gasteiger partial charge >= 0.3 is 5.69 Å². The molecule has 0 aliphatic rings. The Labute approximate surface area is 103 Å². The van der Waals surface area contributed by atoms with Gasteiger partial charge in [0.25, 0.3) is 0 Å². The smallest absolute Gasteiger partial charge is 0.344 e. The summed E-state index contributed by atoms with van der Waals surface area (Å²) >= 11 is 0. The molecule has 0 spiro atoms. The maximum Gasteiger partial charge on any atom is 0.344 e. The van der Waals surface area contributed by atoms with Gasteiger partial charge in [0.05, 0.1) is 11.4 Å². The van der Waals surface area contributed by atoms with E-state index in [1.807, 2.05) is 31.2 Å². The molecule has 92 valence electrons. The largest absolute Gasteiger partial charge is 0.461 e. The SMILES string of the molecule is Cc1cc2cc(-c3[nH]c(=O)n(N)c3C)ccc2o1. The Hall–Kier alpha value is -2.43. The van der Waals surface area contributed by atoms with Crippen molar-refractivity contribution in [3.05, 3.63) is 46.2 Å². The number of nitrogens with one attached hydrogen (secondary N) is 1. The summed E-state index contributed by atoms with van der Waals surface area (Å²) in [5.74, 6) is 6.48. The highest BCUT2D eigenvalue weighted by atomic mass is 16.3. The molecule has 3 rings (SSSR count). The maximum atomic E-state index is 11.5. The lowest BCUT2D eigenvalue weighted by atomic mass is 10.1. The molecule has 0 radical (unpaired) electrons. The van der Waals surface area contributed by atoms with Gasteiger partial charge in [-0.25, -0.2) is 9.47 Å². The number of aromatic nitrogens is 2. The Morgan fingerprint density at radius 3 is 2.72 bits per heavy atom. The Morgan fingerprint density at radius 2 is 2.06 bits per heavy atom. The first-order valence-electron chi connectivity index (χ1n) is 5.63. The van der Waals surface area contributed by atoms with Gasteiger partial charge in [0.1, 0.15) is 11.3 Å². The van der Waals surface area contributed by atoms with Crippen LogP contribution in [0.1, 0.15) is 11.5 Å². The fourth-order valence-corrected chi connectivity index (χ4v) is 2.14. The van der Waals surface area contributed by atoms with Crippen molar-refractivity contribution in [3.8, 4) is 11.3 Å². The normalized spacial score (nSPS) is 11.2. The summed E-state index contributed by atoms with van der Waals surface area (Å²) in [6.07, 6.45) is 0. The molecule has 3 aromatic rings. The predicted molar refractivity (Wildman–Crippen MR) is 69.9 cm³/mol. The van der Waals surface area contributed by atoms with Crippen molar-refractivity contribution in [2.24, 2.45) is 0 Å². The zero-order valence-electron chi connectivity index (χ0n) is 10.2. The summed E-state index contributed by atoms with van der Waals surface area (Å²) in [7, 11) is 0. The lowest BCUT2D eigenvalue weighted by Gasteiger charge is -2.00. The molecule has 0 saturated heterocycles. The van der Waals surface area contributed by atoms with E-state index in [2.05, 4.69) is 4.98 Å². The number of nitrogen functional groups attached to an aromatic ring is 1.